The highest BCUT2D eigenvalue weighted by molar-refractivity contribution is 7.99. The third-order valence-electron chi connectivity index (χ3n) is 13.9. The van der Waals surface area contributed by atoms with Crippen LogP contribution in [0.1, 0.15) is 126 Å². The van der Waals surface area contributed by atoms with Gasteiger partial charge in [0.15, 0.2) is 0 Å². The topological polar surface area (TPSA) is 227 Å². The molecule has 8 amide bonds. The molecule has 0 bridgehead atoms. The lowest BCUT2D eigenvalue weighted by Crippen LogP contribution is -2.49. The number of piperidine rings is 1. The number of nitrogens with zero attached hydrogens (tertiary/aromatic N) is 8. The van der Waals surface area contributed by atoms with Gasteiger partial charge in [0, 0.05) is 178 Å². The second kappa shape index (κ2) is 42.3. The van der Waals surface area contributed by atoms with Gasteiger partial charge in [0.2, 0.25) is 47.3 Å². The van der Waals surface area contributed by atoms with E-state index in [0.29, 0.717) is 49.1 Å². The number of ether oxygens (including phenoxy) is 2. The lowest BCUT2D eigenvalue weighted by molar-refractivity contribution is -0.141. The molecule has 21 nitrogen and oxygen atoms in total. The number of methoxy groups -OCH3 is 2. The Morgan fingerprint density at radius 3 is 1.06 bits per heavy atom. The number of nitrogens with one attached hydrogen (secondary N) is 1. The summed E-state index contributed by atoms with van der Waals surface area (Å²) in [7, 11) is 2.66. The smallest absolute Gasteiger partial charge is 0.306 e. The van der Waals surface area contributed by atoms with E-state index in [1.165, 1.54) is 44.2 Å². The van der Waals surface area contributed by atoms with E-state index in [-0.39, 0.29) is 189 Å². The molecule has 2 unspecified atom stereocenters. The standard InChI is InChI=1S/C55H99N9O12S2/c1-11-46(65)58(27-26-57-23-18-17-19-24-57)28-29-59(47(66)12-2)30-31-60(48(67)13-3)32-33-61(49(68)14-4)34-35-62(50(69)15-5)36-37-63(51(70)16-6)38-39-64(55(74)45(8)43-78-41-21-53(72)76-10)25-22-56-54(73)44(7)42-77-40-20-52(71)75-9/h44-45H,11-43H2,1-10H3,(H,56,73). The Bertz CT molecular complexity index is 1840. The number of carbonyl (C=O) groups excluding carboxylic acids is 10. The largest absolute Gasteiger partial charge is 0.469 e. The molecule has 2 atom stereocenters. The summed E-state index contributed by atoms with van der Waals surface area (Å²) < 4.78 is 9.43. The van der Waals surface area contributed by atoms with Crippen LogP contribution in [0.15, 0.2) is 0 Å². The quantitative estimate of drug-likeness (QED) is 0.0679. The van der Waals surface area contributed by atoms with Crippen molar-refractivity contribution in [3.05, 3.63) is 0 Å². The van der Waals surface area contributed by atoms with Gasteiger partial charge in [-0.3, -0.25) is 47.9 Å². The third kappa shape index (κ3) is 29.0. The van der Waals surface area contributed by atoms with Gasteiger partial charge < -0.3 is 54.0 Å². The second-order valence-electron chi connectivity index (χ2n) is 19.5. The maximum atomic E-state index is 14.0. The van der Waals surface area contributed by atoms with Gasteiger partial charge in [0.1, 0.15) is 0 Å². The van der Waals surface area contributed by atoms with E-state index in [0.717, 1.165) is 32.5 Å². The van der Waals surface area contributed by atoms with Crippen LogP contribution in [0, 0.1) is 11.8 Å². The number of carbonyl (C=O) groups is 10. The average molecular weight is 1140 g/mol. The molecule has 0 spiro atoms. The molecule has 1 N–H and O–H groups in total. The minimum Gasteiger partial charge on any atom is -0.469 e. The van der Waals surface area contributed by atoms with Gasteiger partial charge in [0.05, 0.1) is 27.1 Å². The van der Waals surface area contributed by atoms with E-state index in [1.807, 2.05) is 11.8 Å². The molecule has 0 aliphatic carbocycles. The fraction of sp³-hybridized carbons (Fsp3) is 0.818. The number of thioether (sulfide) groups is 2. The van der Waals surface area contributed by atoms with Crippen LogP contribution in [0.25, 0.3) is 0 Å². The van der Waals surface area contributed by atoms with E-state index < -0.39 is 5.92 Å². The summed E-state index contributed by atoms with van der Waals surface area (Å²) in [6.07, 6.45) is 5.43. The highest BCUT2D eigenvalue weighted by Gasteiger charge is 2.26. The summed E-state index contributed by atoms with van der Waals surface area (Å²) in [4.78, 5) is 144. The van der Waals surface area contributed by atoms with Gasteiger partial charge in [-0.15, -0.1) is 0 Å². The molecule has 1 heterocycles. The maximum Gasteiger partial charge on any atom is 0.306 e. The zero-order valence-electron chi connectivity index (χ0n) is 49.3. The Kier molecular flexibility index (Phi) is 38.7. The van der Waals surface area contributed by atoms with Gasteiger partial charge in [-0.25, -0.2) is 0 Å². The van der Waals surface area contributed by atoms with E-state index in [9.17, 15) is 47.9 Å². The number of rotatable bonds is 42. The van der Waals surface area contributed by atoms with Gasteiger partial charge in [-0.2, -0.15) is 23.5 Å². The summed E-state index contributed by atoms with van der Waals surface area (Å²) in [5.41, 5.74) is 0. The molecule has 0 aromatic carbocycles. The first kappa shape index (κ1) is 71.4. The van der Waals surface area contributed by atoms with E-state index in [4.69, 9.17) is 4.74 Å². The maximum absolute atomic E-state index is 14.0. The summed E-state index contributed by atoms with van der Waals surface area (Å²) >= 11 is 2.93. The number of hydrogen-bond acceptors (Lipinski definition) is 15. The molecular weight excluding hydrogens is 1040 g/mol. The minimum atomic E-state index is -0.443. The zero-order chi connectivity index (χ0) is 58.4. The van der Waals surface area contributed by atoms with Crippen LogP contribution >= 0.6 is 23.5 Å². The lowest BCUT2D eigenvalue weighted by Gasteiger charge is -2.34. The van der Waals surface area contributed by atoms with Crippen molar-refractivity contribution in [2.24, 2.45) is 11.8 Å². The first-order valence-corrected chi connectivity index (χ1v) is 30.9. The predicted molar refractivity (Wildman–Crippen MR) is 307 cm³/mol. The van der Waals surface area contributed by atoms with Crippen LogP contribution in [0.4, 0.5) is 0 Å². The van der Waals surface area contributed by atoms with Crippen molar-refractivity contribution in [2.45, 2.75) is 126 Å². The second-order valence-corrected chi connectivity index (χ2v) is 21.8. The van der Waals surface area contributed by atoms with Crippen molar-refractivity contribution >= 4 is 82.7 Å². The highest BCUT2D eigenvalue weighted by atomic mass is 32.2. The molecule has 0 radical (unpaired) electrons. The molecule has 0 aromatic heterocycles. The molecule has 78 heavy (non-hydrogen) atoms. The van der Waals surface area contributed by atoms with Gasteiger partial charge in [0.25, 0.3) is 0 Å². The number of hydrogen-bond donors (Lipinski definition) is 1. The molecule has 1 aliphatic rings. The van der Waals surface area contributed by atoms with Crippen LogP contribution in [-0.4, -0.2) is 253 Å². The summed E-state index contributed by atoms with van der Waals surface area (Å²) in [5, 5.41) is 2.93. The summed E-state index contributed by atoms with van der Waals surface area (Å²) in [6.45, 7) is 20.7. The minimum absolute atomic E-state index is 0.0386. The third-order valence-corrected chi connectivity index (χ3v) is 16.3. The first-order chi connectivity index (χ1) is 37.3. The Balaban J connectivity index is 3.15. The molecule has 1 saturated heterocycles. The molecule has 0 aromatic rings. The van der Waals surface area contributed by atoms with Gasteiger partial charge >= 0.3 is 11.9 Å². The fourth-order valence-corrected chi connectivity index (χ4v) is 10.7. The Morgan fingerprint density at radius 1 is 0.436 bits per heavy atom. The molecule has 0 saturated carbocycles. The van der Waals surface area contributed by atoms with Crippen molar-refractivity contribution in [3.8, 4) is 0 Å². The van der Waals surface area contributed by atoms with Crippen molar-refractivity contribution in [1.29, 1.82) is 0 Å². The predicted octanol–water partition coefficient (Wildman–Crippen LogP) is 3.71. The summed E-state index contributed by atoms with van der Waals surface area (Å²) in [6, 6.07) is 0. The van der Waals surface area contributed by atoms with Crippen molar-refractivity contribution in [1.82, 2.24) is 44.5 Å². The van der Waals surface area contributed by atoms with E-state index in [2.05, 4.69) is 15.0 Å². The van der Waals surface area contributed by atoms with Crippen LogP contribution in [0.3, 0.4) is 0 Å². The molecule has 1 aliphatic heterocycles. The molecule has 1 fully saturated rings. The SMILES string of the molecule is CCC(=O)N(CCN1CCCCC1)CCN(CCN(CCN(CCN(CCN(CCN(CCNC(=O)C(C)CSCCC(=O)OC)C(=O)C(C)CSCCC(=O)OC)C(=O)CC)C(=O)CC)C(=O)CC)C(=O)CC)C(=O)CC. The summed E-state index contributed by atoms with van der Waals surface area (Å²) in [5.74, 6) is -0.546. The molecule has 23 heteroatoms. The Hall–Kier alpha value is -4.64. The number of esters is 2. The van der Waals surface area contributed by atoms with E-state index in [1.54, 1.807) is 77.9 Å². The van der Waals surface area contributed by atoms with Gasteiger partial charge in [-0.05, 0) is 25.9 Å². The fourth-order valence-electron chi connectivity index (χ4n) is 8.72. The molecular formula is C55H99N9O12S2. The van der Waals surface area contributed by atoms with Crippen molar-refractivity contribution < 1.29 is 57.4 Å². The van der Waals surface area contributed by atoms with Crippen LogP contribution < -0.4 is 5.32 Å². The van der Waals surface area contributed by atoms with Crippen LogP contribution in [0.2, 0.25) is 0 Å². The van der Waals surface area contributed by atoms with Gasteiger partial charge in [-0.1, -0.05) is 61.8 Å². The van der Waals surface area contributed by atoms with E-state index >= 15 is 0 Å². The lowest BCUT2D eigenvalue weighted by atomic mass is 10.1. The molecule has 448 valence electrons. The van der Waals surface area contributed by atoms with Crippen molar-refractivity contribution in [2.75, 3.05) is 155 Å². The van der Waals surface area contributed by atoms with Crippen LogP contribution in [-0.2, 0) is 57.4 Å². The zero-order valence-corrected chi connectivity index (χ0v) is 50.9. The Morgan fingerprint density at radius 2 is 0.744 bits per heavy atom. The molecule has 1 rings (SSSR count). The highest BCUT2D eigenvalue weighted by Crippen LogP contribution is 2.15. The monoisotopic (exact) mass is 1140 g/mol. The van der Waals surface area contributed by atoms with Crippen molar-refractivity contribution in [3.63, 3.8) is 0 Å². The normalized spacial score (nSPS) is 13.1. The number of amides is 8. The first-order valence-electron chi connectivity index (χ1n) is 28.6. The van der Waals surface area contributed by atoms with Crippen LogP contribution in [0.5, 0.6) is 0 Å². The average Bonchev–Trinajstić information content (AvgIpc) is 3.46. The number of likely N-dealkylation sites (tertiary alicyclic amines) is 1. The Labute approximate surface area is 475 Å².